The first kappa shape index (κ1) is 13.4. The molecule has 0 radical (unpaired) electrons. The van der Waals surface area contributed by atoms with Gasteiger partial charge in [0.1, 0.15) is 5.82 Å². The lowest BCUT2D eigenvalue weighted by Gasteiger charge is -2.11. The highest BCUT2D eigenvalue weighted by molar-refractivity contribution is 5.83. The molecule has 1 aromatic carbocycles. The molecule has 19 heavy (non-hydrogen) atoms. The van der Waals surface area contributed by atoms with Crippen LogP contribution in [-0.2, 0) is 11.3 Å². The van der Waals surface area contributed by atoms with Gasteiger partial charge in [0.25, 0.3) is 5.56 Å². The first-order chi connectivity index (χ1) is 9.24. The summed E-state index contributed by atoms with van der Waals surface area (Å²) in [7, 11) is 0. The van der Waals surface area contributed by atoms with Gasteiger partial charge in [-0.05, 0) is 23.9 Å². The highest BCUT2D eigenvalue weighted by atomic mass is 16.5. The van der Waals surface area contributed by atoms with E-state index in [0.29, 0.717) is 31.0 Å². The Labute approximate surface area is 112 Å². The van der Waals surface area contributed by atoms with Gasteiger partial charge in [0, 0.05) is 5.39 Å². The van der Waals surface area contributed by atoms with E-state index in [1.165, 1.54) is 0 Å². The Hall–Kier alpha value is -2.07. The molecule has 0 spiro atoms. The van der Waals surface area contributed by atoms with Crippen LogP contribution in [-0.4, -0.2) is 17.8 Å². The Balaban J connectivity index is 2.18. The highest BCUT2D eigenvalue weighted by Gasteiger charge is 2.06. The minimum Gasteiger partial charge on any atom is -0.385 e. The number of aromatic nitrogens is 1. The average Bonchev–Trinajstić information content (AvgIpc) is 2.42. The van der Waals surface area contributed by atoms with Crippen molar-refractivity contribution in [3.8, 4) is 0 Å². The van der Waals surface area contributed by atoms with Crippen LogP contribution < -0.4 is 11.3 Å². The zero-order chi connectivity index (χ0) is 13.7. The zero-order valence-corrected chi connectivity index (χ0v) is 10.8. The molecule has 1 heterocycles. The Morgan fingerprint density at radius 1 is 1.32 bits per heavy atom. The monoisotopic (exact) mass is 258 g/mol. The van der Waals surface area contributed by atoms with E-state index in [0.717, 1.165) is 11.8 Å². The summed E-state index contributed by atoms with van der Waals surface area (Å²) in [5.74, 6) is 0.469. The van der Waals surface area contributed by atoms with E-state index < -0.39 is 0 Å². The van der Waals surface area contributed by atoms with E-state index in [-0.39, 0.29) is 5.56 Å². The maximum Gasteiger partial charge on any atom is 0.260 e. The molecule has 0 bridgehead atoms. The SMILES string of the molecule is C=CCCOCCn1c(N)cc2ccccc2c1=O. The highest BCUT2D eigenvalue weighted by Crippen LogP contribution is 2.12. The quantitative estimate of drug-likeness (QED) is 0.638. The Bertz CT molecular complexity index is 632. The normalized spacial score (nSPS) is 10.7. The molecule has 1 aromatic heterocycles. The summed E-state index contributed by atoms with van der Waals surface area (Å²) in [5.41, 5.74) is 5.85. The third-order valence-electron chi connectivity index (χ3n) is 2.98. The molecule has 0 amide bonds. The number of ether oxygens (including phenoxy) is 1. The molecule has 0 fully saturated rings. The largest absolute Gasteiger partial charge is 0.385 e. The number of hydrogen-bond acceptors (Lipinski definition) is 3. The molecule has 0 aliphatic heterocycles. The third-order valence-corrected chi connectivity index (χ3v) is 2.98. The van der Waals surface area contributed by atoms with Gasteiger partial charge in [0.2, 0.25) is 0 Å². The maximum absolute atomic E-state index is 12.3. The zero-order valence-electron chi connectivity index (χ0n) is 10.8. The molecule has 0 atom stereocenters. The van der Waals surface area contributed by atoms with Crippen molar-refractivity contribution in [3.63, 3.8) is 0 Å². The van der Waals surface area contributed by atoms with E-state index in [1.54, 1.807) is 10.6 Å². The molecule has 4 heteroatoms. The molecular weight excluding hydrogens is 240 g/mol. The second-order valence-electron chi connectivity index (χ2n) is 4.30. The summed E-state index contributed by atoms with van der Waals surface area (Å²) in [6.07, 6.45) is 2.61. The molecule has 4 nitrogen and oxygen atoms in total. The minimum absolute atomic E-state index is 0.0667. The van der Waals surface area contributed by atoms with Crippen LogP contribution in [0.25, 0.3) is 10.8 Å². The van der Waals surface area contributed by atoms with Crippen molar-refractivity contribution in [3.05, 3.63) is 53.3 Å². The number of nitrogens with zero attached hydrogens (tertiary/aromatic N) is 1. The summed E-state index contributed by atoms with van der Waals surface area (Å²) < 4.78 is 6.97. The lowest BCUT2D eigenvalue weighted by Crippen LogP contribution is -2.25. The summed E-state index contributed by atoms with van der Waals surface area (Å²) in [6, 6.07) is 9.26. The van der Waals surface area contributed by atoms with Gasteiger partial charge in [-0.1, -0.05) is 24.3 Å². The summed E-state index contributed by atoms with van der Waals surface area (Å²) >= 11 is 0. The third kappa shape index (κ3) is 3.03. The molecule has 0 saturated carbocycles. The molecule has 0 aliphatic carbocycles. The first-order valence-electron chi connectivity index (χ1n) is 6.30. The first-order valence-corrected chi connectivity index (χ1v) is 6.30. The van der Waals surface area contributed by atoms with Gasteiger partial charge in [-0.15, -0.1) is 6.58 Å². The van der Waals surface area contributed by atoms with Crippen molar-refractivity contribution >= 4 is 16.6 Å². The van der Waals surface area contributed by atoms with E-state index in [1.807, 2.05) is 30.3 Å². The minimum atomic E-state index is -0.0667. The van der Waals surface area contributed by atoms with Crippen molar-refractivity contribution in [1.29, 1.82) is 0 Å². The second-order valence-corrected chi connectivity index (χ2v) is 4.30. The molecule has 100 valence electrons. The fraction of sp³-hybridized carbons (Fsp3) is 0.267. The molecule has 0 unspecified atom stereocenters. The second kappa shape index (κ2) is 6.20. The van der Waals surface area contributed by atoms with E-state index in [4.69, 9.17) is 10.5 Å². The van der Waals surface area contributed by atoms with Gasteiger partial charge in [-0.3, -0.25) is 9.36 Å². The fourth-order valence-corrected chi connectivity index (χ4v) is 1.97. The number of benzene rings is 1. The molecule has 2 rings (SSSR count). The Kier molecular flexibility index (Phi) is 4.36. The summed E-state index contributed by atoms with van der Waals surface area (Å²) in [6.45, 7) is 5.17. The van der Waals surface area contributed by atoms with Crippen LogP contribution in [0, 0.1) is 0 Å². The van der Waals surface area contributed by atoms with Gasteiger partial charge in [0.05, 0.1) is 19.8 Å². The number of fused-ring (bicyclic) bond motifs is 1. The molecular formula is C15H18N2O2. The lowest BCUT2D eigenvalue weighted by atomic mass is 10.1. The smallest absolute Gasteiger partial charge is 0.260 e. The molecule has 2 N–H and O–H groups in total. The van der Waals surface area contributed by atoms with Crippen molar-refractivity contribution in [2.45, 2.75) is 13.0 Å². The van der Waals surface area contributed by atoms with Gasteiger partial charge in [-0.25, -0.2) is 0 Å². The maximum atomic E-state index is 12.3. The molecule has 0 saturated heterocycles. The van der Waals surface area contributed by atoms with Gasteiger partial charge < -0.3 is 10.5 Å². The number of nitrogens with two attached hydrogens (primary N) is 1. The van der Waals surface area contributed by atoms with Gasteiger partial charge >= 0.3 is 0 Å². The van der Waals surface area contributed by atoms with Crippen LogP contribution in [0.3, 0.4) is 0 Å². The van der Waals surface area contributed by atoms with E-state index in [2.05, 4.69) is 6.58 Å². The van der Waals surface area contributed by atoms with Crippen LogP contribution in [0.5, 0.6) is 0 Å². The average molecular weight is 258 g/mol. The number of anilines is 1. The van der Waals surface area contributed by atoms with Gasteiger partial charge in [0.15, 0.2) is 0 Å². The predicted octanol–water partition coefficient (Wildman–Crippen LogP) is 2.18. The van der Waals surface area contributed by atoms with Crippen molar-refractivity contribution in [2.24, 2.45) is 0 Å². The van der Waals surface area contributed by atoms with Crippen molar-refractivity contribution < 1.29 is 4.74 Å². The van der Waals surface area contributed by atoms with Crippen LogP contribution in [0.2, 0.25) is 0 Å². The number of rotatable bonds is 6. The van der Waals surface area contributed by atoms with Crippen LogP contribution in [0.1, 0.15) is 6.42 Å². The molecule has 2 aromatic rings. The Morgan fingerprint density at radius 2 is 2.11 bits per heavy atom. The number of hydrogen-bond donors (Lipinski definition) is 1. The topological polar surface area (TPSA) is 57.2 Å². The van der Waals surface area contributed by atoms with E-state index in [9.17, 15) is 4.79 Å². The van der Waals surface area contributed by atoms with Crippen LogP contribution in [0.4, 0.5) is 5.82 Å². The van der Waals surface area contributed by atoms with E-state index >= 15 is 0 Å². The predicted molar refractivity (Wildman–Crippen MR) is 78.3 cm³/mol. The van der Waals surface area contributed by atoms with Crippen LogP contribution >= 0.6 is 0 Å². The summed E-state index contributed by atoms with van der Waals surface area (Å²) in [4.78, 5) is 12.3. The Morgan fingerprint density at radius 3 is 2.89 bits per heavy atom. The van der Waals surface area contributed by atoms with Crippen LogP contribution in [0.15, 0.2) is 47.8 Å². The van der Waals surface area contributed by atoms with Gasteiger partial charge in [-0.2, -0.15) is 0 Å². The standard InChI is InChI=1S/C15H18N2O2/c1-2-3-9-19-10-8-17-14(16)11-12-6-4-5-7-13(12)15(17)18/h2,4-7,11H,1,3,8-10,16H2. The summed E-state index contributed by atoms with van der Waals surface area (Å²) in [5, 5.41) is 1.55. The van der Waals surface area contributed by atoms with Crippen molar-refractivity contribution in [1.82, 2.24) is 4.57 Å². The fourth-order valence-electron chi connectivity index (χ4n) is 1.97. The lowest BCUT2D eigenvalue weighted by molar-refractivity contribution is 0.130. The molecule has 0 aliphatic rings. The number of nitrogen functional groups attached to an aromatic ring is 1. The number of pyridine rings is 1. The van der Waals surface area contributed by atoms with Crippen molar-refractivity contribution in [2.75, 3.05) is 18.9 Å².